The number of hydrogen-bond donors (Lipinski definition) is 1. The molecule has 0 radical (unpaired) electrons. The van der Waals surface area contributed by atoms with Gasteiger partial charge in [0.05, 0.1) is 10.2 Å². The summed E-state index contributed by atoms with van der Waals surface area (Å²) in [6.45, 7) is 2.22. The van der Waals surface area contributed by atoms with Crippen LogP contribution in [0.1, 0.15) is 16.7 Å². The van der Waals surface area contributed by atoms with Gasteiger partial charge in [0, 0.05) is 17.8 Å². The highest BCUT2D eigenvalue weighted by Gasteiger charge is 2.40. The number of sulfonamides is 1. The standard InChI is InChI=1S/C28H23N3O3S3/c1-18-8-13-23-25(15-18)36-28(30-23)19-9-11-22(12-10-19)29-27(32)24-16-20-5-2-3-6-21(20)17-31(24)37(33,34)26-7-4-14-35-26/h2-15,24H,16-17H2,1H3,(H,29,32)/t24-/m0/s1. The summed E-state index contributed by atoms with van der Waals surface area (Å²) >= 11 is 2.79. The highest BCUT2D eigenvalue weighted by atomic mass is 32.2. The Kier molecular flexibility index (Phi) is 6.16. The Morgan fingerprint density at radius 3 is 2.54 bits per heavy atom. The second kappa shape index (κ2) is 9.50. The van der Waals surface area contributed by atoms with E-state index in [0.29, 0.717) is 12.1 Å². The van der Waals surface area contributed by atoms with E-state index in [0.717, 1.165) is 43.3 Å². The molecule has 0 fully saturated rings. The molecule has 3 heterocycles. The van der Waals surface area contributed by atoms with Crippen LogP contribution in [-0.2, 0) is 27.8 Å². The number of benzene rings is 3. The van der Waals surface area contributed by atoms with E-state index in [1.165, 1.54) is 9.87 Å². The van der Waals surface area contributed by atoms with Gasteiger partial charge in [-0.1, -0.05) is 36.4 Å². The minimum atomic E-state index is -3.82. The summed E-state index contributed by atoms with van der Waals surface area (Å²) in [7, 11) is -3.82. The Labute approximate surface area is 223 Å². The minimum Gasteiger partial charge on any atom is -0.325 e. The number of aryl methyl sites for hydroxylation is 1. The van der Waals surface area contributed by atoms with Gasteiger partial charge in [-0.05, 0) is 77.9 Å². The van der Waals surface area contributed by atoms with Crippen LogP contribution in [0.4, 0.5) is 5.69 Å². The summed E-state index contributed by atoms with van der Waals surface area (Å²) in [5.41, 5.74) is 5.64. The van der Waals surface area contributed by atoms with Crippen LogP contribution in [0.5, 0.6) is 0 Å². The van der Waals surface area contributed by atoms with Crippen molar-refractivity contribution in [3.8, 4) is 10.6 Å². The van der Waals surface area contributed by atoms with Crippen molar-refractivity contribution >= 4 is 54.5 Å². The molecule has 0 saturated heterocycles. The Morgan fingerprint density at radius 1 is 1.00 bits per heavy atom. The number of fused-ring (bicyclic) bond motifs is 2. The van der Waals surface area contributed by atoms with Crippen LogP contribution in [0.25, 0.3) is 20.8 Å². The van der Waals surface area contributed by atoms with Crippen molar-refractivity contribution in [2.45, 2.75) is 30.1 Å². The summed E-state index contributed by atoms with van der Waals surface area (Å²) < 4.78 is 29.6. The van der Waals surface area contributed by atoms with Crippen LogP contribution in [0.3, 0.4) is 0 Å². The van der Waals surface area contributed by atoms with Crippen LogP contribution in [0.15, 0.2) is 88.5 Å². The average molecular weight is 546 g/mol. The van der Waals surface area contributed by atoms with Gasteiger partial charge < -0.3 is 5.32 Å². The first-order chi connectivity index (χ1) is 17.9. The molecule has 5 aromatic rings. The molecule has 0 spiro atoms. The quantitative estimate of drug-likeness (QED) is 0.290. The molecule has 1 amide bonds. The molecule has 3 aromatic carbocycles. The van der Waals surface area contributed by atoms with Crippen molar-refractivity contribution < 1.29 is 13.2 Å². The second-order valence-corrected chi connectivity index (χ2v) is 13.1. The Morgan fingerprint density at radius 2 is 1.78 bits per heavy atom. The van der Waals surface area contributed by atoms with Gasteiger partial charge in [-0.2, -0.15) is 4.31 Å². The van der Waals surface area contributed by atoms with E-state index < -0.39 is 16.1 Å². The van der Waals surface area contributed by atoms with Crippen LogP contribution in [-0.4, -0.2) is 29.7 Å². The number of hydrogen-bond acceptors (Lipinski definition) is 6. The molecule has 0 saturated carbocycles. The van der Waals surface area contributed by atoms with Crippen LogP contribution >= 0.6 is 22.7 Å². The molecule has 0 bridgehead atoms. The number of thiazole rings is 1. The average Bonchev–Trinajstić information content (AvgIpc) is 3.59. The van der Waals surface area contributed by atoms with E-state index >= 15 is 0 Å². The minimum absolute atomic E-state index is 0.157. The number of anilines is 1. The molecule has 1 aliphatic rings. The molecule has 6 nitrogen and oxygen atoms in total. The third kappa shape index (κ3) is 4.59. The zero-order valence-electron chi connectivity index (χ0n) is 19.9. The zero-order valence-corrected chi connectivity index (χ0v) is 22.4. The highest BCUT2D eigenvalue weighted by molar-refractivity contribution is 7.91. The number of aromatic nitrogens is 1. The number of carbonyl (C=O) groups is 1. The monoisotopic (exact) mass is 545 g/mol. The smallest absolute Gasteiger partial charge is 0.253 e. The molecule has 6 rings (SSSR count). The van der Waals surface area contributed by atoms with Gasteiger partial charge in [-0.25, -0.2) is 13.4 Å². The summed E-state index contributed by atoms with van der Waals surface area (Å²) in [6, 6.07) is 23.8. The fraction of sp³-hybridized carbons (Fsp3) is 0.143. The molecular formula is C28H23N3O3S3. The SMILES string of the molecule is Cc1ccc2nc(-c3ccc(NC(=O)[C@@H]4Cc5ccccc5CN4S(=O)(=O)c4cccs4)cc3)sc2c1. The molecule has 0 aliphatic carbocycles. The van der Waals surface area contributed by atoms with Crippen LogP contribution in [0.2, 0.25) is 0 Å². The van der Waals surface area contributed by atoms with Crippen molar-refractivity contribution in [2.75, 3.05) is 5.32 Å². The lowest BCUT2D eigenvalue weighted by atomic mass is 9.95. The number of carbonyl (C=O) groups excluding carboxylic acids is 1. The lowest BCUT2D eigenvalue weighted by molar-refractivity contribution is -0.120. The molecule has 1 aliphatic heterocycles. The molecule has 37 heavy (non-hydrogen) atoms. The van der Waals surface area contributed by atoms with E-state index in [1.807, 2.05) is 54.6 Å². The molecule has 1 N–H and O–H groups in total. The number of amides is 1. The second-order valence-electron chi connectivity index (χ2n) is 9.03. The van der Waals surface area contributed by atoms with Crippen molar-refractivity contribution in [3.05, 3.63) is 101 Å². The van der Waals surface area contributed by atoms with E-state index in [9.17, 15) is 13.2 Å². The van der Waals surface area contributed by atoms with E-state index in [1.54, 1.807) is 28.8 Å². The van der Waals surface area contributed by atoms with Gasteiger partial charge in [0.25, 0.3) is 10.0 Å². The molecule has 9 heteroatoms. The van der Waals surface area contributed by atoms with E-state index in [4.69, 9.17) is 4.98 Å². The Hall–Kier alpha value is -3.37. The Bertz CT molecular complexity index is 1710. The van der Waals surface area contributed by atoms with Gasteiger partial charge >= 0.3 is 0 Å². The highest BCUT2D eigenvalue weighted by Crippen LogP contribution is 2.33. The third-order valence-corrected chi connectivity index (χ3v) is 10.8. The van der Waals surface area contributed by atoms with Crippen molar-refractivity contribution in [1.29, 1.82) is 0 Å². The summed E-state index contributed by atoms with van der Waals surface area (Å²) in [6.07, 6.45) is 0.315. The number of nitrogens with one attached hydrogen (secondary N) is 1. The topological polar surface area (TPSA) is 79.4 Å². The van der Waals surface area contributed by atoms with Crippen LogP contribution in [0, 0.1) is 6.92 Å². The van der Waals surface area contributed by atoms with Crippen LogP contribution < -0.4 is 5.32 Å². The first kappa shape index (κ1) is 24.0. The molecule has 186 valence electrons. The molecule has 2 aromatic heterocycles. The van der Waals surface area contributed by atoms with Crippen molar-refractivity contribution in [3.63, 3.8) is 0 Å². The normalized spacial score (nSPS) is 16.0. The van der Waals surface area contributed by atoms with Crippen molar-refractivity contribution in [2.24, 2.45) is 0 Å². The maximum Gasteiger partial charge on any atom is 0.253 e. The molecule has 0 unspecified atom stereocenters. The van der Waals surface area contributed by atoms with E-state index in [2.05, 4.69) is 24.4 Å². The van der Waals surface area contributed by atoms with Gasteiger partial charge in [-0.15, -0.1) is 22.7 Å². The largest absolute Gasteiger partial charge is 0.325 e. The van der Waals surface area contributed by atoms with Gasteiger partial charge in [-0.3, -0.25) is 4.79 Å². The van der Waals surface area contributed by atoms with Gasteiger partial charge in [0.1, 0.15) is 15.3 Å². The fourth-order valence-corrected chi connectivity index (χ4v) is 8.33. The molecule has 1 atom stereocenters. The predicted octanol–water partition coefficient (Wildman–Crippen LogP) is 6.09. The first-order valence-electron chi connectivity index (χ1n) is 11.8. The zero-order chi connectivity index (χ0) is 25.6. The first-order valence-corrected chi connectivity index (χ1v) is 14.9. The maximum absolute atomic E-state index is 13.5. The fourth-order valence-electron chi connectivity index (χ4n) is 4.58. The van der Waals surface area contributed by atoms with Gasteiger partial charge in [0.2, 0.25) is 5.91 Å². The van der Waals surface area contributed by atoms with Crippen molar-refractivity contribution in [1.82, 2.24) is 9.29 Å². The summed E-state index contributed by atoms with van der Waals surface area (Å²) in [5.74, 6) is -0.349. The van der Waals surface area contributed by atoms with E-state index in [-0.39, 0.29) is 16.7 Å². The summed E-state index contributed by atoms with van der Waals surface area (Å²) in [4.78, 5) is 18.2. The number of rotatable bonds is 5. The number of nitrogens with zero attached hydrogens (tertiary/aromatic N) is 2. The summed E-state index contributed by atoms with van der Waals surface area (Å²) in [5, 5.41) is 5.59. The Balaban J connectivity index is 1.26. The number of thiophene rings is 1. The third-order valence-electron chi connectivity index (χ3n) is 6.51. The van der Waals surface area contributed by atoms with Gasteiger partial charge in [0.15, 0.2) is 0 Å². The predicted molar refractivity (Wildman–Crippen MR) is 149 cm³/mol. The lowest BCUT2D eigenvalue weighted by Gasteiger charge is -2.34. The lowest BCUT2D eigenvalue weighted by Crippen LogP contribution is -2.50. The molecular weight excluding hydrogens is 523 g/mol. The maximum atomic E-state index is 13.5.